The zero-order chi connectivity index (χ0) is 17.1. The standard InChI is InChI=1S/C19H22N4O/c1-14(23-10-6-7-11-23)19(24)20-13-15-12-18(22(2)3)21-17-9-5-4-8-16(15)17/h4-12,14H,13H2,1-3H3,(H,20,24). The van der Waals surface area contributed by atoms with Crippen LogP contribution in [-0.4, -0.2) is 29.6 Å². The minimum Gasteiger partial charge on any atom is -0.363 e. The average molecular weight is 322 g/mol. The van der Waals surface area contributed by atoms with Crippen molar-refractivity contribution in [3.63, 3.8) is 0 Å². The summed E-state index contributed by atoms with van der Waals surface area (Å²) in [6.07, 6.45) is 3.80. The van der Waals surface area contributed by atoms with Crippen molar-refractivity contribution in [2.24, 2.45) is 0 Å². The van der Waals surface area contributed by atoms with Crippen molar-refractivity contribution in [1.29, 1.82) is 0 Å². The maximum absolute atomic E-state index is 12.4. The molecule has 0 spiro atoms. The predicted molar refractivity (Wildman–Crippen MR) is 97.1 cm³/mol. The van der Waals surface area contributed by atoms with Crippen molar-refractivity contribution >= 4 is 22.6 Å². The summed E-state index contributed by atoms with van der Waals surface area (Å²) in [4.78, 5) is 19.0. The second-order valence-electron chi connectivity index (χ2n) is 6.08. The highest BCUT2D eigenvalue weighted by atomic mass is 16.2. The summed E-state index contributed by atoms with van der Waals surface area (Å²) in [5, 5.41) is 4.11. The van der Waals surface area contributed by atoms with Gasteiger partial charge in [-0.25, -0.2) is 4.98 Å². The Hall–Kier alpha value is -2.82. The Balaban J connectivity index is 1.83. The first-order valence-electron chi connectivity index (χ1n) is 8.02. The lowest BCUT2D eigenvalue weighted by Crippen LogP contribution is -2.30. The van der Waals surface area contributed by atoms with Gasteiger partial charge in [0.1, 0.15) is 11.9 Å². The quantitative estimate of drug-likeness (QED) is 0.785. The van der Waals surface area contributed by atoms with Crippen LogP contribution in [0.25, 0.3) is 10.9 Å². The molecule has 0 aliphatic rings. The molecule has 0 aliphatic carbocycles. The first-order valence-corrected chi connectivity index (χ1v) is 8.02. The maximum atomic E-state index is 12.4. The first-order chi connectivity index (χ1) is 11.6. The Kier molecular flexibility index (Phi) is 4.51. The van der Waals surface area contributed by atoms with Gasteiger partial charge >= 0.3 is 0 Å². The fourth-order valence-electron chi connectivity index (χ4n) is 2.68. The van der Waals surface area contributed by atoms with E-state index in [0.717, 1.165) is 22.3 Å². The smallest absolute Gasteiger partial charge is 0.243 e. The second-order valence-corrected chi connectivity index (χ2v) is 6.08. The van der Waals surface area contributed by atoms with E-state index in [1.165, 1.54) is 0 Å². The first kappa shape index (κ1) is 16.1. The lowest BCUT2D eigenvalue weighted by atomic mass is 10.1. The summed E-state index contributed by atoms with van der Waals surface area (Å²) >= 11 is 0. The van der Waals surface area contributed by atoms with Crippen molar-refractivity contribution < 1.29 is 4.79 Å². The second kappa shape index (κ2) is 6.74. The van der Waals surface area contributed by atoms with Gasteiger partial charge in [0.15, 0.2) is 0 Å². The highest BCUT2D eigenvalue weighted by Gasteiger charge is 2.14. The number of nitrogens with zero attached hydrogens (tertiary/aromatic N) is 3. The SMILES string of the molecule is CC(C(=O)NCc1cc(N(C)C)nc2ccccc12)n1cccc1. The molecule has 2 heterocycles. The molecule has 0 radical (unpaired) electrons. The Labute approximate surface area is 141 Å². The Morgan fingerprint density at radius 3 is 2.62 bits per heavy atom. The molecule has 1 aromatic carbocycles. The van der Waals surface area contributed by atoms with Gasteiger partial charge in [0.05, 0.1) is 5.52 Å². The van der Waals surface area contributed by atoms with Gasteiger partial charge in [0.25, 0.3) is 0 Å². The van der Waals surface area contributed by atoms with Gasteiger partial charge in [0.2, 0.25) is 5.91 Å². The lowest BCUT2D eigenvalue weighted by Gasteiger charge is -2.17. The molecule has 3 aromatic rings. The van der Waals surface area contributed by atoms with E-state index in [4.69, 9.17) is 0 Å². The monoisotopic (exact) mass is 322 g/mol. The highest BCUT2D eigenvalue weighted by Crippen LogP contribution is 2.22. The number of fused-ring (bicyclic) bond motifs is 1. The molecule has 24 heavy (non-hydrogen) atoms. The molecule has 1 atom stereocenters. The topological polar surface area (TPSA) is 50.2 Å². The molecule has 1 unspecified atom stereocenters. The van der Waals surface area contributed by atoms with Crippen LogP contribution in [0, 0.1) is 0 Å². The molecule has 3 rings (SSSR count). The molecule has 0 bridgehead atoms. The summed E-state index contributed by atoms with van der Waals surface area (Å²) in [6.45, 7) is 2.37. The van der Waals surface area contributed by atoms with Gasteiger partial charge in [0, 0.05) is 38.4 Å². The van der Waals surface area contributed by atoms with Crippen LogP contribution in [0.15, 0.2) is 54.9 Å². The van der Waals surface area contributed by atoms with Crippen molar-refractivity contribution in [3.05, 3.63) is 60.4 Å². The van der Waals surface area contributed by atoms with Gasteiger partial charge in [-0.3, -0.25) is 4.79 Å². The van der Waals surface area contributed by atoms with Gasteiger partial charge in [-0.1, -0.05) is 18.2 Å². The minimum absolute atomic E-state index is 0.00139. The average Bonchev–Trinajstić information content (AvgIpc) is 3.12. The highest BCUT2D eigenvalue weighted by molar-refractivity contribution is 5.85. The van der Waals surface area contributed by atoms with Gasteiger partial charge in [-0.2, -0.15) is 0 Å². The Bertz CT molecular complexity index is 840. The molecule has 0 saturated heterocycles. The van der Waals surface area contributed by atoms with Crippen LogP contribution in [0.3, 0.4) is 0 Å². The van der Waals surface area contributed by atoms with E-state index in [1.54, 1.807) is 0 Å². The van der Waals surface area contributed by atoms with Crippen molar-refractivity contribution in [3.8, 4) is 0 Å². The van der Waals surface area contributed by atoms with E-state index in [1.807, 2.05) is 85.3 Å². The molecule has 124 valence electrons. The molecule has 0 fully saturated rings. The summed E-state index contributed by atoms with van der Waals surface area (Å²) in [7, 11) is 3.93. The number of nitrogens with one attached hydrogen (secondary N) is 1. The van der Waals surface area contributed by atoms with Crippen LogP contribution in [0.1, 0.15) is 18.5 Å². The third kappa shape index (κ3) is 3.25. The zero-order valence-electron chi connectivity index (χ0n) is 14.2. The van der Waals surface area contributed by atoms with Gasteiger partial charge in [-0.15, -0.1) is 0 Å². The zero-order valence-corrected chi connectivity index (χ0v) is 14.2. The third-order valence-corrected chi connectivity index (χ3v) is 4.15. The Morgan fingerprint density at radius 2 is 1.92 bits per heavy atom. The number of hydrogen-bond acceptors (Lipinski definition) is 3. The van der Waals surface area contributed by atoms with Crippen LogP contribution in [0.5, 0.6) is 0 Å². The molecule has 1 amide bonds. The molecule has 5 nitrogen and oxygen atoms in total. The molecule has 1 N–H and O–H groups in total. The number of rotatable bonds is 5. The van der Waals surface area contributed by atoms with Gasteiger partial charge in [-0.05, 0) is 36.8 Å². The van der Waals surface area contributed by atoms with Crippen LogP contribution in [-0.2, 0) is 11.3 Å². The lowest BCUT2D eigenvalue weighted by molar-refractivity contribution is -0.124. The van der Waals surface area contributed by atoms with E-state index in [0.29, 0.717) is 6.54 Å². The van der Waals surface area contributed by atoms with Crippen LogP contribution < -0.4 is 10.2 Å². The molecular formula is C19H22N4O. The van der Waals surface area contributed by atoms with Crippen molar-refractivity contribution in [1.82, 2.24) is 14.9 Å². The molecule has 2 aromatic heterocycles. The largest absolute Gasteiger partial charge is 0.363 e. The summed E-state index contributed by atoms with van der Waals surface area (Å²) < 4.78 is 1.89. The molecule has 5 heteroatoms. The number of aromatic nitrogens is 2. The summed E-state index contributed by atoms with van der Waals surface area (Å²) in [5.74, 6) is 0.884. The number of amides is 1. The minimum atomic E-state index is -0.235. The maximum Gasteiger partial charge on any atom is 0.243 e. The van der Waals surface area contributed by atoms with E-state index >= 15 is 0 Å². The summed E-state index contributed by atoms with van der Waals surface area (Å²) in [5.41, 5.74) is 2.00. The summed E-state index contributed by atoms with van der Waals surface area (Å²) in [6, 6.07) is 13.6. The number of carbonyl (C=O) groups excluding carboxylic acids is 1. The van der Waals surface area contributed by atoms with E-state index < -0.39 is 0 Å². The van der Waals surface area contributed by atoms with Crippen LogP contribution in [0.4, 0.5) is 5.82 Å². The molecular weight excluding hydrogens is 300 g/mol. The number of pyridine rings is 1. The van der Waals surface area contributed by atoms with Crippen LogP contribution in [0.2, 0.25) is 0 Å². The molecule has 0 aliphatic heterocycles. The number of carbonyl (C=O) groups is 1. The third-order valence-electron chi connectivity index (χ3n) is 4.15. The van der Waals surface area contributed by atoms with Crippen molar-refractivity contribution in [2.45, 2.75) is 19.5 Å². The number of para-hydroxylation sites is 1. The normalized spacial score (nSPS) is 12.1. The number of anilines is 1. The van der Waals surface area contributed by atoms with Gasteiger partial charge < -0.3 is 14.8 Å². The predicted octanol–water partition coefficient (Wildman–Crippen LogP) is 2.98. The number of benzene rings is 1. The van der Waals surface area contributed by atoms with Crippen LogP contribution >= 0.6 is 0 Å². The number of hydrogen-bond donors (Lipinski definition) is 1. The van der Waals surface area contributed by atoms with E-state index in [2.05, 4.69) is 10.3 Å². The van der Waals surface area contributed by atoms with Crippen molar-refractivity contribution in [2.75, 3.05) is 19.0 Å². The Morgan fingerprint density at radius 1 is 1.21 bits per heavy atom. The fraction of sp³-hybridized carbons (Fsp3) is 0.263. The van der Waals surface area contributed by atoms with E-state index in [-0.39, 0.29) is 11.9 Å². The molecule has 0 saturated carbocycles. The van der Waals surface area contributed by atoms with E-state index in [9.17, 15) is 4.79 Å². The fourth-order valence-corrected chi connectivity index (χ4v) is 2.68.